The summed E-state index contributed by atoms with van der Waals surface area (Å²) in [7, 11) is 4.30. The van der Waals surface area contributed by atoms with Crippen LogP contribution in [0.25, 0.3) is 0 Å². The van der Waals surface area contributed by atoms with Crippen LogP contribution in [0.15, 0.2) is 0 Å². The van der Waals surface area contributed by atoms with Gasteiger partial charge in [-0.3, -0.25) is 0 Å². The van der Waals surface area contributed by atoms with Crippen molar-refractivity contribution in [3.8, 4) is 0 Å². The van der Waals surface area contributed by atoms with E-state index < -0.39 is 0 Å². The molecule has 12 heavy (non-hydrogen) atoms. The summed E-state index contributed by atoms with van der Waals surface area (Å²) in [5.74, 6) is 0.792. The Morgan fingerprint density at radius 2 is 2.17 bits per heavy atom. The van der Waals surface area contributed by atoms with E-state index in [1.54, 1.807) is 0 Å². The van der Waals surface area contributed by atoms with Crippen molar-refractivity contribution >= 4 is 0 Å². The Bertz CT molecular complexity index is 117. The van der Waals surface area contributed by atoms with Gasteiger partial charge in [-0.2, -0.15) is 0 Å². The summed E-state index contributed by atoms with van der Waals surface area (Å²) in [6.45, 7) is 4.78. The summed E-state index contributed by atoms with van der Waals surface area (Å²) in [6, 6.07) is 0.765. The molecule has 1 N–H and O–H groups in total. The first kappa shape index (κ1) is 10.0. The lowest BCUT2D eigenvalue weighted by atomic mass is 9.93. The number of hydrogen-bond donors (Lipinski definition) is 1. The fraction of sp³-hybridized carbons (Fsp3) is 1.00. The Balaban J connectivity index is 2.24. The first-order valence-corrected chi connectivity index (χ1v) is 5.08. The highest BCUT2D eigenvalue weighted by molar-refractivity contribution is 4.78. The molecule has 2 unspecified atom stereocenters. The van der Waals surface area contributed by atoms with Gasteiger partial charge in [0.15, 0.2) is 0 Å². The fourth-order valence-electron chi connectivity index (χ4n) is 2.07. The van der Waals surface area contributed by atoms with Crippen molar-refractivity contribution in [1.82, 2.24) is 10.2 Å². The summed E-state index contributed by atoms with van der Waals surface area (Å²) in [6.07, 6.45) is 4.15. The van der Waals surface area contributed by atoms with Crippen molar-refractivity contribution < 1.29 is 0 Å². The predicted molar refractivity (Wildman–Crippen MR) is 53.4 cm³/mol. The van der Waals surface area contributed by atoms with Crippen molar-refractivity contribution in [2.75, 3.05) is 27.2 Å². The fourth-order valence-corrected chi connectivity index (χ4v) is 2.07. The van der Waals surface area contributed by atoms with Crippen LogP contribution in [-0.2, 0) is 0 Å². The molecular weight excluding hydrogens is 148 g/mol. The molecule has 0 saturated carbocycles. The van der Waals surface area contributed by atoms with E-state index in [0.29, 0.717) is 0 Å². The van der Waals surface area contributed by atoms with Crippen molar-refractivity contribution in [1.29, 1.82) is 0 Å². The van der Waals surface area contributed by atoms with Crippen LogP contribution in [-0.4, -0.2) is 38.1 Å². The summed E-state index contributed by atoms with van der Waals surface area (Å²) in [5.41, 5.74) is 0. The lowest BCUT2D eigenvalue weighted by Crippen LogP contribution is -2.42. The Morgan fingerprint density at radius 3 is 2.67 bits per heavy atom. The summed E-state index contributed by atoms with van der Waals surface area (Å²) in [4.78, 5) is 2.28. The smallest absolute Gasteiger partial charge is 0.0105 e. The summed E-state index contributed by atoms with van der Waals surface area (Å²) >= 11 is 0. The Kier molecular flexibility index (Phi) is 4.02. The van der Waals surface area contributed by atoms with E-state index >= 15 is 0 Å². The van der Waals surface area contributed by atoms with Gasteiger partial charge in [-0.1, -0.05) is 13.3 Å². The topological polar surface area (TPSA) is 15.3 Å². The molecule has 1 aliphatic heterocycles. The largest absolute Gasteiger partial charge is 0.314 e. The second kappa shape index (κ2) is 4.83. The summed E-state index contributed by atoms with van der Waals surface area (Å²) in [5, 5.41) is 3.60. The van der Waals surface area contributed by atoms with Crippen LogP contribution >= 0.6 is 0 Å². The molecule has 2 nitrogen and oxygen atoms in total. The van der Waals surface area contributed by atoms with E-state index in [2.05, 4.69) is 31.2 Å². The predicted octanol–water partition coefficient (Wildman–Crippen LogP) is 1.33. The second-order valence-corrected chi connectivity index (χ2v) is 4.30. The lowest BCUT2D eigenvalue weighted by molar-refractivity contribution is 0.248. The molecule has 0 radical (unpaired) electrons. The number of rotatable bonds is 3. The van der Waals surface area contributed by atoms with Gasteiger partial charge in [0.05, 0.1) is 0 Å². The molecule has 1 fully saturated rings. The molecule has 0 amide bonds. The monoisotopic (exact) mass is 170 g/mol. The standard InChI is InChI=1S/C10H22N2/c1-9(8-12(2)3)10-6-4-5-7-11-10/h9-11H,4-8H2,1-3H3. The zero-order valence-corrected chi connectivity index (χ0v) is 8.64. The van der Waals surface area contributed by atoms with Crippen LogP contribution in [0.2, 0.25) is 0 Å². The first-order valence-electron chi connectivity index (χ1n) is 5.08. The number of nitrogens with one attached hydrogen (secondary N) is 1. The van der Waals surface area contributed by atoms with Gasteiger partial charge in [-0.25, -0.2) is 0 Å². The zero-order valence-electron chi connectivity index (χ0n) is 8.64. The number of nitrogens with zero attached hydrogens (tertiary/aromatic N) is 1. The lowest BCUT2D eigenvalue weighted by Gasteiger charge is -2.30. The highest BCUT2D eigenvalue weighted by Crippen LogP contribution is 2.15. The van der Waals surface area contributed by atoms with Gasteiger partial charge in [0.2, 0.25) is 0 Å². The molecule has 0 aromatic rings. The summed E-state index contributed by atoms with van der Waals surface area (Å²) < 4.78 is 0. The van der Waals surface area contributed by atoms with Gasteiger partial charge < -0.3 is 10.2 Å². The highest BCUT2D eigenvalue weighted by Gasteiger charge is 2.19. The van der Waals surface area contributed by atoms with E-state index in [9.17, 15) is 0 Å². The average Bonchev–Trinajstić information content (AvgIpc) is 2.05. The van der Waals surface area contributed by atoms with Crippen molar-refractivity contribution in [3.63, 3.8) is 0 Å². The molecule has 0 spiro atoms. The van der Waals surface area contributed by atoms with Gasteiger partial charge >= 0.3 is 0 Å². The molecule has 1 heterocycles. The zero-order chi connectivity index (χ0) is 8.97. The molecule has 2 atom stereocenters. The molecule has 0 aliphatic carbocycles. The van der Waals surface area contributed by atoms with E-state index in [1.165, 1.54) is 32.4 Å². The molecule has 0 aromatic carbocycles. The third kappa shape index (κ3) is 3.11. The van der Waals surface area contributed by atoms with Crippen LogP contribution in [0, 0.1) is 5.92 Å². The Morgan fingerprint density at radius 1 is 1.42 bits per heavy atom. The quantitative estimate of drug-likeness (QED) is 0.687. The number of piperidine rings is 1. The van der Waals surface area contributed by atoms with Gasteiger partial charge in [0.25, 0.3) is 0 Å². The minimum Gasteiger partial charge on any atom is -0.314 e. The normalized spacial score (nSPS) is 27.5. The van der Waals surface area contributed by atoms with Crippen LogP contribution in [0.4, 0.5) is 0 Å². The average molecular weight is 170 g/mol. The van der Waals surface area contributed by atoms with Crippen molar-refractivity contribution in [3.05, 3.63) is 0 Å². The van der Waals surface area contributed by atoms with E-state index in [4.69, 9.17) is 0 Å². The maximum Gasteiger partial charge on any atom is 0.0105 e. The Hall–Kier alpha value is -0.0800. The first-order chi connectivity index (χ1) is 5.70. The molecular formula is C10H22N2. The van der Waals surface area contributed by atoms with Crippen molar-refractivity contribution in [2.45, 2.75) is 32.2 Å². The minimum absolute atomic E-state index is 0.765. The third-order valence-electron chi connectivity index (χ3n) is 2.69. The van der Waals surface area contributed by atoms with Crippen LogP contribution in [0.1, 0.15) is 26.2 Å². The van der Waals surface area contributed by atoms with E-state index in [-0.39, 0.29) is 0 Å². The highest BCUT2D eigenvalue weighted by atomic mass is 15.1. The molecule has 1 rings (SSSR count). The molecule has 0 bridgehead atoms. The maximum absolute atomic E-state index is 3.60. The number of hydrogen-bond acceptors (Lipinski definition) is 2. The minimum atomic E-state index is 0.765. The molecule has 72 valence electrons. The van der Waals surface area contributed by atoms with Gasteiger partial charge in [-0.15, -0.1) is 0 Å². The van der Waals surface area contributed by atoms with Crippen molar-refractivity contribution in [2.24, 2.45) is 5.92 Å². The van der Waals surface area contributed by atoms with E-state index in [1.807, 2.05) is 0 Å². The molecule has 2 heteroatoms. The van der Waals surface area contributed by atoms with Crippen LogP contribution in [0.3, 0.4) is 0 Å². The van der Waals surface area contributed by atoms with Crippen LogP contribution < -0.4 is 5.32 Å². The van der Waals surface area contributed by atoms with Gasteiger partial charge in [-0.05, 0) is 39.4 Å². The molecule has 0 aromatic heterocycles. The molecule has 1 aliphatic rings. The maximum atomic E-state index is 3.60. The van der Waals surface area contributed by atoms with Gasteiger partial charge in [0, 0.05) is 12.6 Å². The molecule has 1 saturated heterocycles. The van der Waals surface area contributed by atoms with Crippen LogP contribution in [0.5, 0.6) is 0 Å². The Labute approximate surface area is 76.3 Å². The third-order valence-corrected chi connectivity index (χ3v) is 2.69. The van der Waals surface area contributed by atoms with E-state index in [0.717, 1.165) is 12.0 Å². The van der Waals surface area contributed by atoms with Gasteiger partial charge in [0.1, 0.15) is 0 Å². The SMILES string of the molecule is CC(CN(C)C)C1CCCCN1. The second-order valence-electron chi connectivity index (χ2n) is 4.30.